The number of halogens is 1. The minimum Gasteiger partial charge on any atom is -0.253 e. The predicted molar refractivity (Wildman–Crippen MR) is 65.0 cm³/mol. The lowest BCUT2D eigenvalue weighted by atomic mass is 9.93. The number of rotatable bonds is 3. The molecular formula is C14H16FN. The molecule has 0 spiro atoms. The van der Waals surface area contributed by atoms with Crippen LogP contribution in [0.4, 0.5) is 4.39 Å². The second-order valence-corrected chi connectivity index (χ2v) is 4.12. The van der Waals surface area contributed by atoms with Gasteiger partial charge in [-0.15, -0.1) is 0 Å². The van der Waals surface area contributed by atoms with Gasteiger partial charge in [0.1, 0.15) is 5.82 Å². The quantitative estimate of drug-likeness (QED) is 0.747. The largest absolute Gasteiger partial charge is 0.253 e. The number of hydrogen-bond donors (Lipinski definition) is 0. The van der Waals surface area contributed by atoms with Crippen molar-refractivity contribution in [2.24, 2.45) is 0 Å². The normalized spacial score (nSPS) is 11.2. The van der Waals surface area contributed by atoms with E-state index < -0.39 is 0 Å². The Morgan fingerprint density at radius 1 is 1.19 bits per heavy atom. The van der Waals surface area contributed by atoms with Crippen molar-refractivity contribution in [1.82, 2.24) is 4.98 Å². The Labute approximate surface area is 95.3 Å². The topological polar surface area (TPSA) is 12.9 Å². The van der Waals surface area contributed by atoms with E-state index in [-0.39, 0.29) is 5.82 Å². The van der Waals surface area contributed by atoms with Gasteiger partial charge in [0.2, 0.25) is 0 Å². The first-order chi connectivity index (χ1) is 7.74. The molecule has 2 aromatic rings. The Kier molecular flexibility index (Phi) is 3.18. The molecular weight excluding hydrogens is 201 g/mol. The maximum atomic E-state index is 13.1. The van der Waals surface area contributed by atoms with Crippen molar-refractivity contribution in [3.63, 3.8) is 0 Å². The summed E-state index contributed by atoms with van der Waals surface area (Å²) >= 11 is 0. The zero-order chi connectivity index (χ0) is 11.5. The van der Waals surface area contributed by atoms with Crippen molar-refractivity contribution >= 4 is 10.9 Å². The van der Waals surface area contributed by atoms with Crippen LogP contribution in [-0.2, 0) is 0 Å². The van der Waals surface area contributed by atoms with E-state index in [2.05, 4.69) is 31.0 Å². The third-order valence-corrected chi connectivity index (χ3v) is 3.13. The number of aromatic nitrogens is 1. The molecule has 84 valence electrons. The summed E-state index contributed by atoms with van der Waals surface area (Å²) in [5.41, 5.74) is 2.14. The maximum Gasteiger partial charge on any atom is 0.142 e. The van der Waals surface area contributed by atoms with Gasteiger partial charge >= 0.3 is 0 Å². The van der Waals surface area contributed by atoms with Gasteiger partial charge < -0.3 is 0 Å². The monoisotopic (exact) mass is 217 g/mol. The summed E-state index contributed by atoms with van der Waals surface area (Å²) in [6.45, 7) is 4.37. The molecule has 1 heterocycles. The molecule has 0 unspecified atom stereocenters. The Hall–Kier alpha value is -1.44. The molecule has 1 nitrogen and oxygen atoms in total. The van der Waals surface area contributed by atoms with Crippen LogP contribution in [0.15, 0.2) is 30.5 Å². The molecule has 0 N–H and O–H groups in total. The first-order valence-electron chi connectivity index (χ1n) is 5.79. The minimum atomic E-state index is -0.269. The van der Waals surface area contributed by atoms with Crippen LogP contribution >= 0.6 is 0 Å². The summed E-state index contributed by atoms with van der Waals surface area (Å²) in [6, 6.07) is 7.69. The first kappa shape index (κ1) is 11.1. The van der Waals surface area contributed by atoms with Gasteiger partial charge in [0.25, 0.3) is 0 Å². The van der Waals surface area contributed by atoms with E-state index in [9.17, 15) is 4.39 Å². The van der Waals surface area contributed by atoms with Gasteiger partial charge in [-0.25, -0.2) is 4.39 Å². The summed E-state index contributed by atoms with van der Waals surface area (Å²) in [4.78, 5) is 4.06. The minimum absolute atomic E-state index is 0.269. The summed E-state index contributed by atoms with van der Waals surface area (Å²) in [5, 5.41) is 0.893. The van der Waals surface area contributed by atoms with Crippen molar-refractivity contribution in [3.05, 3.63) is 41.8 Å². The SMILES string of the molecule is CCC(CC)c1ccc2ncc(F)cc2c1. The van der Waals surface area contributed by atoms with E-state index in [0.29, 0.717) is 5.92 Å². The van der Waals surface area contributed by atoms with Crippen LogP contribution in [0.3, 0.4) is 0 Å². The maximum absolute atomic E-state index is 13.1. The van der Waals surface area contributed by atoms with E-state index in [1.54, 1.807) is 6.07 Å². The zero-order valence-corrected chi connectivity index (χ0v) is 9.70. The molecule has 0 saturated heterocycles. The molecule has 0 radical (unpaired) electrons. The number of pyridine rings is 1. The van der Waals surface area contributed by atoms with Gasteiger partial charge in [0.15, 0.2) is 0 Å². The van der Waals surface area contributed by atoms with Crippen molar-refractivity contribution in [2.45, 2.75) is 32.6 Å². The standard InChI is InChI=1S/C14H16FN/c1-3-10(4-2)11-5-6-14-12(7-11)8-13(15)9-16-14/h5-10H,3-4H2,1-2H3. The molecule has 0 fully saturated rings. The van der Waals surface area contributed by atoms with Crippen LogP contribution in [0, 0.1) is 5.82 Å². The summed E-state index contributed by atoms with van der Waals surface area (Å²) in [5.74, 6) is 0.293. The number of nitrogens with zero attached hydrogens (tertiary/aromatic N) is 1. The molecule has 1 aromatic carbocycles. The van der Waals surface area contributed by atoms with E-state index >= 15 is 0 Å². The van der Waals surface area contributed by atoms with E-state index in [1.165, 1.54) is 11.8 Å². The number of benzene rings is 1. The summed E-state index contributed by atoms with van der Waals surface area (Å²) < 4.78 is 13.1. The van der Waals surface area contributed by atoms with E-state index in [1.807, 2.05) is 6.07 Å². The second-order valence-electron chi connectivity index (χ2n) is 4.12. The van der Waals surface area contributed by atoms with Gasteiger partial charge in [-0.05, 0) is 42.5 Å². The van der Waals surface area contributed by atoms with Crippen LogP contribution in [0.1, 0.15) is 38.2 Å². The third kappa shape index (κ3) is 2.06. The average Bonchev–Trinajstić information content (AvgIpc) is 2.30. The molecule has 0 aliphatic heterocycles. The highest BCUT2D eigenvalue weighted by Crippen LogP contribution is 2.25. The lowest BCUT2D eigenvalue weighted by molar-refractivity contribution is 0.624. The lowest BCUT2D eigenvalue weighted by Gasteiger charge is -2.13. The van der Waals surface area contributed by atoms with E-state index in [4.69, 9.17) is 0 Å². The predicted octanol–water partition coefficient (Wildman–Crippen LogP) is 4.28. The molecule has 1 aromatic heterocycles. The Morgan fingerprint density at radius 3 is 2.62 bits per heavy atom. The van der Waals surface area contributed by atoms with Gasteiger partial charge in [-0.1, -0.05) is 19.9 Å². The molecule has 2 rings (SSSR count). The van der Waals surface area contributed by atoms with Gasteiger partial charge in [-0.3, -0.25) is 4.98 Å². The van der Waals surface area contributed by atoms with Gasteiger partial charge in [-0.2, -0.15) is 0 Å². The molecule has 0 aliphatic rings. The number of hydrogen-bond acceptors (Lipinski definition) is 1. The Bertz CT molecular complexity index is 489. The fourth-order valence-corrected chi connectivity index (χ4v) is 2.14. The zero-order valence-electron chi connectivity index (χ0n) is 9.70. The highest BCUT2D eigenvalue weighted by molar-refractivity contribution is 5.79. The smallest absolute Gasteiger partial charge is 0.142 e. The number of fused-ring (bicyclic) bond motifs is 1. The second kappa shape index (κ2) is 4.60. The molecule has 0 saturated carbocycles. The van der Waals surface area contributed by atoms with Crippen LogP contribution in [0.5, 0.6) is 0 Å². The average molecular weight is 217 g/mol. The molecule has 2 heteroatoms. The highest BCUT2D eigenvalue weighted by atomic mass is 19.1. The van der Waals surface area contributed by atoms with Crippen LogP contribution < -0.4 is 0 Å². The highest BCUT2D eigenvalue weighted by Gasteiger charge is 2.07. The summed E-state index contributed by atoms with van der Waals surface area (Å²) in [7, 11) is 0. The summed E-state index contributed by atoms with van der Waals surface area (Å²) in [6.07, 6.45) is 3.49. The fourth-order valence-electron chi connectivity index (χ4n) is 2.14. The van der Waals surface area contributed by atoms with Crippen LogP contribution in [0.2, 0.25) is 0 Å². The van der Waals surface area contributed by atoms with Gasteiger partial charge in [0.05, 0.1) is 11.7 Å². The van der Waals surface area contributed by atoms with E-state index in [0.717, 1.165) is 23.7 Å². The molecule has 0 bridgehead atoms. The lowest BCUT2D eigenvalue weighted by Crippen LogP contribution is -1.95. The van der Waals surface area contributed by atoms with Crippen LogP contribution in [0.25, 0.3) is 10.9 Å². The van der Waals surface area contributed by atoms with Crippen molar-refractivity contribution in [3.8, 4) is 0 Å². The Balaban J connectivity index is 2.49. The third-order valence-electron chi connectivity index (χ3n) is 3.13. The molecule has 16 heavy (non-hydrogen) atoms. The van der Waals surface area contributed by atoms with Crippen molar-refractivity contribution < 1.29 is 4.39 Å². The van der Waals surface area contributed by atoms with Crippen molar-refractivity contribution in [2.75, 3.05) is 0 Å². The van der Waals surface area contributed by atoms with Crippen molar-refractivity contribution in [1.29, 1.82) is 0 Å². The Morgan fingerprint density at radius 2 is 1.94 bits per heavy atom. The first-order valence-corrected chi connectivity index (χ1v) is 5.79. The molecule has 0 amide bonds. The molecule has 0 atom stereocenters. The fraction of sp³-hybridized carbons (Fsp3) is 0.357. The molecule has 0 aliphatic carbocycles. The van der Waals surface area contributed by atoms with Crippen LogP contribution in [-0.4, -0.2) is 4.98 Å². The van der Waals surface area contributed by atoms with Gasteiger partial charge in [0, 0.05) is 5.39 Å².